The first-order valence-corrected chi connectivity index (χ1v) is 8.56. The first-order valence-electron chi connectivity index (χ1n) is 6.65. The Balaban J connectivity index is 1.89. The molecule has 1 unspecified atom stereocenters. The van der Waals surface area contributed by atoms with E-state index in [4.69, 9.17) is 0 Å². The van der Waals surface area contributed by atoms with Crippen molar-refractivity contribution in [2.75, 3.05) is 5.33 Å². The molecule has 2 heteroatoms. The highest BCUT2D eigenvalue weighted by molar-refractivity contribution is 9.10. The van der Waals surface area contributed by atoms with Crippen LogP contribution in [-0.2, 0) is 6.42 Å². The van der Waals surface area contributed by atoms with Crippen molar-refractivity contribution in [2.45, 2.75) is 25.2 Å². The van der Waals surface area contributed by atoms with Gasteiger partial charge in [0.25, 0.3) is 0 Å². The first kappa shape index (κ1) is 14.8. The van der Waals surface area contributed by atoms with Gasteiger partial charge in [-0.25, -0.2) is 0 Å². The molecule has 0 aliphatic rings. The molecule has 2 aromatic carbocycles. The number of hydrogen-bond acceptors (Lipinski definition) is 0. The predicted octanol–water partition coefficient (Wildman–Crippen LogP) is 5.95. The lowest BCUT2D eigenvalue weighted by Gasteiger charge is -2.14. The van der Waals surface area contributed by atoms with Gasteiger partial charge >= 0.3 is 0 Å². The van der Waals surface area contributed by atoms with E-state index in [2.05, 4.69) is 86.5 Å². The van der Waals surface area contributed by atoms with Gasteiger partial charge in [-0.1, -0.05) is 74.3 Å². The van der Waals surface area contributed by atoms with Crippen LogP contribution in [0.25, 0.3) is 0 Å². The summed E-state index contributed by atoms with van der Waals surface area (Å²) in [6, 6.07) is 19.4. The first-order chi connectivity index (χ1) is 9.29. The van der Waals surface area contributed by atoms with Crippen molar-refractivity contribution in [3.8, 4) is 0 Å². The molecule has 19 heavy (non-hydrogen) atoms. The van der Waals surface area contributed by atoms with Crippen LogP contribution in [0.5, 0.6) is 0 Å². The summed E-state index contributed by atoms with van der Waals surface area (Å²) in [6.07, 6.45) is 3.61. The van der Waals surface area contributed by atoms with E-state index < -0.39 is 0 Å². The zero-order valence-corrected chi connectivity index (χ0v) is 14.0. The average Bonchev–Trinajstić information content (AvgIpc) is 2.45. The average molecular weight is 382 g/mol. The fourth-order valence-electron chi connectivity index (χ4n) is 2.29. The summed E-state index contributed by atoms with van der Waals surface area (Å²) in [6.45, 7) is 0. The number of aryl methyl sites for hydroxylation is 1. The van der Waals surface area contributed by atoms with E-state index in [1.165, 1.54) is 34.9 Å². The summed E-state index contributed by atoms with van der Waals surface area (Å²) in [5.41, 5.74) is 2.85. The van der Waals surface area contributed by atoms with Crippen molar-refractivity contribution >= 4 is 31.9 Å². The van der Waals surface area contributed by atoms with Crippen LogP contribution in [0.2, 0.25) is 0 Å². The summed E-state index contributed by atoms with van der Waals surface area (Å²) in [5, 5.41) is 1.03. The third-order valence-corrected chi connectivity index (χ3v) is 4.64. The Bertz CT molecular complexity index is 494. The van der Waals surface area contributed by atoms with E-state index in [-0.39, 0.29) is 0 Å². The molecule has 0 aliphatic heterocycles. The standard InChI is InChI=1S/C17H18Br2/c18-13-16(15-9-5-11-17(19)12-15)10-4-8-14-6-2-1-3-7-14/h1-3,5-7,9,11-12,16H,4,8,10,13H2. The molecule has 0 amide bonds. The highest BCUT2D eigenvalue weighted by Crippen LogP contribution is 2.26. The molecule has 0 aliphatic carbocycles. The van der Waals surface area contributed by atoms with Crippen LogP contribution in [-0.4, -0.2) is 5.33 Å². The van der Waals surface area contributed by atoms with E-state index in [0.29, 0.717) is 5.92 Å². The van der Waals surface area contributed by atoms with E-state index in [1.807, 2.05) is 0 Å². The van der Waals surface area contributed by atoms with Gasteiger partial charge in [0.1, 0.15) is 0 Å². The van der Waals surface area contributed by atoms with Gasteiger partial charge in [-0.15, -0.1) is 0 Å². The molecule has 0 aromatic heterocycles. The van der Waals surface area contributed by atoms with Crippen LogP contribution in [0.15, 0.2) is 59.1 Å². The molecule has 2 aromatic rings. The summed E-state index contributed by atoms with van der Waals surface area (Å²) in [5.74, 6) is 0.598. The molecule has 0 N–H and O–H groups in total. The quantitative estimate of drug-likeness (QED) is 0.542. The zero-order valence-electron chi connectivity index (χ0n) is 10.9. The Hall–Kier alpha value is -0.600. The molecule has 0 saturated heterocycles. The fraction of sp³-hybridized carbons (Fsp3) is 0.294. The van der Waals surface area contributed by atoms with E-state index in [0.717, 1.165) is 5.33 Å². The number of hydrogen-bond donors (Lipinski definition) is 0. The van der Waals surface area contributed by atoms with Gasteiger partial charge in [0.15, 0.2) is 0 Å². The minimum absolute atomic E-state index is 0.598. The molecule has 2 rings (SSSR count). The van der Waals surface area contributed by atoms with Gasteiger partial charge in [-0.2, -0.15) is 0 Å². The SMILES string of the molecule is BrCC(CCCc1ccccc1)c1cccc(Br)c1. The molecule has 0 radical (unpaired) electrons. The van der Waals surface area contributed by atoms with Crippen molar-refractivity contribution in [3.63, 3.8) is 0 Å². The van der Waals surface area contributed by atoms with Gasteiger partial charge < -0.3 is 0 Å². The third-order valence-electron chi connectivity index (χ3n) is 3.37. The van der Waals surface area contributed by atoms with Gasteiger partial charge in [-0.05, 0) is 48.4 Å². The normalized spacial score (nSPS) is 12.3. The van der Waals surface area contributed by atoms with Crippen molar-refractivity contribution in [1.82, 2.24) is 0 Å². The molecule has 0 spiro atoms. The fourth-order valence-corrected chi connectivity index (χ4v) is 3.41. The number of rotatable bonds is 6. The minimum atomic E-state index is 0.598. The smallest absolute Gasteiger partial charge is 0.0178 e. The molecule has 1 atom stereocenters. The maximum absolute atomic E-state index is 3.65. The maximum atomic E-state index is 3.65. The van der Waals surface area contributed by atoms with Crippen molar-refractivity contribution in [2.24, 2.45) is 0 Å². The predicted molar refractivity (Wildman–Crippen MR) is 90.1 cm³/mol. The Labute approximate surface area is 132 Å². The Kier molecular flexibility index (Phi) is 6.12. The van der Waals surface area contributed by atoms with Gasteiger partial charge in [0, 0.05) is 9.80 Å². The topological polar surface area (TPSA) is 0 Å². The van der Waals surface area contributed by atoms with Crippen molar-refractivity contribution in [3.05, 3.63) is 70.2 Å². The van der Waals surface area contributed by atoms with Crippen molar-refractivity contribution < 1.29 is 0 Å². The highest BCUT2D eigenvalue weighted by atomic mass is 79.9. The molecule has 0 heterocycles. The molecule has 0 bridgehead atoms. The van der Waals surface area contributed by atoms with Crippen molar-refractivity contribution in [1.29, 1.82) is 0 Å². The molecular weight excluding hydrogens is 364 g/mol. The maximum Gasteiger partial charge on any atom is 0.0178 e. The van der Waals surface area contributed by atoms with Crippen LogP contribution in [0.3, 0.4) is 0 Å². The number of benzene rings is 2. The molecular formula is C17H18Br2. The van der Waals surface area contributed by atoms with Gasteiger partial charge in [0.2, 0.25) is 0 Å². The lowest BCUT2D eigenvalue weighted by atomic mass is 9.94. The minimum Gasteiger partial charge on any atom is -0.0921 e. The lowest BCUT2D eigenvalue weighted by Crippen LogP contribution is -2.01. The Morgan fingerprint density at radius 1 is 0.947 bits per heavy atom. The van der Waals surface area contributed by atoms with Gasteiger partial charge in [-0.3, -0.25) is 0 Å². The Morgan fingerprint density at radius 2 is 1.74 bits per heavy atom. The zero-order chi connectivity index (χ0) is 13.5. The summed E-state index contributed by atoms with van der Waals surface area (Å²) < 4.78 is 1.17. The summed E-state index contributed by atoms with van der Waals surface area (Å²) in [7, 11) is 0. The van der Waals surface area contributed by atoms with Crippen LogP contribution in [0, 0.1) is 0 Å². The largest absolute Gasteiger partial charge is 0.0921 e. The molecule has 0 saturated carbocycles. The second-order valence-electron chi connectivity index (χ2n) is 4.78. The van der Waals surface area contributed by atoms with Crippen LogP contribution in [0.4, 0.5) is 0 Å². The summed E-state index contributed by atoms with van der Waals surface area (Å²) in [4.78, 5) is 0. The van der Waals surface area contributed by atoms with E-state index >= 15 is 0 Å². The Morgan fingerprint density at radius 3 is 2.42 bits per heavy atom. The van der Waals surface area contributed by atoms with Crippen LogP contribution < -0.4 is 0 Å². The lowest BCUT2D eigenvalue weighted by molar-refractivity contribution is 0.643. The highest BCUT2D eigenvalue weighted by Gasteiger charge is 2.10. The monoisotopic (exact) mass is 380 g/mol. The number of halogens is 2. The van der Waals surface area contributed by atoms with E-state index in [1.54, 1.807) is 0 Å². The number of alkyl halides is 1. The van der Waals surface area contributed by atoms with Gasteiger partial charge in [0.05, 0.1) is 0 Å². The summed E-state index contributed by atoms with van der Waals surface area (Å²) >= 11 is 7.20. The van der Waals surface area contributed by atoms with E-state index in [9.17, 15) is 0 Å². The van der Waals surface area contributed by atoms with Crippen LogP contribution in [0.1, 0.15) is 29.9 Å². The second-order valence-corrected chi connectivity index (χ2v) is 6.35. The van der Waals surface area contributed by atoms with Crippen LogP contribution >= 0.6 is 31.9 Å². The molecule has 0 nitrogen and oxygen atoms in total. The third kappa shape index (κ3) is 4.77. The molecule has 0 fully saturated rings. The second kappa shape index (κ2) is 7.86. The molecule has 100 valence electrons.